The summed E-state index contributed by atoms with van der Waals surface area (Å²) in [5, 5.41) is 20.2. The lowest BCUT2D eigenvalue weighted by atomic mass is 10.1. The summed E-state index contributed by atoms with van der Waals surface area (Å²) < 4.78 is 16.2. The van der Waals surface area contributed by atoms with Gasteiger partial charge in [-0.15, -0.1) is 10.2 Å². The number of amides is 1. The number of nitrogens with zero attached hydrogens (tertiary/aromatic N) is 4. The van der Waals surface area contributed by atoms with Crippen LogP contribution in [0.5, 0.6) is 0 Å². The summed E-state index contributed by atoms with van der Waals surface area (Å²) >= 11 is 0. The van der Waals surface area contributed by atoms with Gasteiger partial charge < -0.3 is 10.4 Å². The number of carboxylic acid groups (broad SMARTS) is 1. The van der Waals surface area contributed by atoms with Crippen molar-refractivity contribution < 1.29 is 19.1 Å². The van der Waals surface area contributed by atoms with Crippen molar-refractivity contribution in [3.8, 4) is 0 Å². The Labute approximate surface area is 197 Å². The van der Waals surface area contributed by atoms with Crippen LogP contribution >= 0.6 is 0 Å². The summed E-state index contributed by atoms with van der Waals surface area (Å²) in [6.07, 6.45) is 1.48. The van der Waals surface area contributed by atoms with Gasteiger partial charge in [-0.1, -0.05) is 24.3 Å². The lowest BCUT2D eigenvalue weighted by Gasteiger charge is -2.12. The van der Waals surface area contributed by atoms with Crippen LogP contribution in [0.15, 0.2) is 77.9 Å². The maximum absolute atomic E-state index is 13.4. The quantitative estimate of drug-likeness (QED) is 0.393. The number of hydrogen-bond donors (Lipinski definition) is 2. The van der Waals surface area contributed by atoms with Crippen LogP contribution in [-0.2, 0) is 13.1 Å². The summed E-state index contributed by atoms with van der Waals surface area (Å²) in [6.45, 7) is 0.343. The molecule has 5 rings (SSSR count). The number of carbonyl (C=O) groups excluding carboxylic acids is 1. The number of carbonyl (C=O) groups is 2. The molecule has 2 N–H and O–H groups in total. The number of aromatic nitrogens is 4. The number of halogens is 1. The molecule has 0 saturated carbocycles. The van der Waals surface area contributed by atoms with Crippen molar-refractivity contribution in [3.05, 3.63) is 111 Å². The lowest BCUT2D eigenvalue weighted by Crippen LogP contribution is -2.25. The minimum atomic E-state index is -1.04. The molecule has 1 amide bonds. The second-order valence-corrected chi connectivity index (χ2v) is 7.94. The SMILES string of the molecule is O=C(O)c1ccc(Cn2c(=O)c3cc(C(=O)NCc4ccc(F)cc4)ccc3n3cnnc23)cc1. The maximum atomic E-state index is 13.4. The van der Waals surface area contributed by atoms with E-state index in [4.69, 9.17) is 5.11 Å². The standard InChI is InChI=1S/C25H18FN5O4/c26-19-8-3-15(4-9-19)12-27-22(32)18-7-10-21-20(11-18)23(33)30(25-29-28-14-31(21)25)13-16-1-5-17(6-2-16)24(34)35/h1-11,14H,12-13H2,(H,27,32)(H,34,35). The lowest BCUT2D eigenvalue weighted by molar-refractivity contribution is 0.0696. The molecule has 10 heteroatoms. The van der Waals surface area contributed by atoms with Gasteiger partial charge in [-0.3, -0.25) is 18.6 Å². The Balaban J connectivity index is 1.49. The van der Waals surface area contributed by atoms with Crippen LogP contribution in [0, 0.1) is 5.82 Å². The van der Waals surface area contributed by atoms with E-state index < -0.39 is 5.97 Å². The summed E-state index contributed by atoms with van der Waals surface area (Å²) in [5.74, 6) is -1.46. The first-order valence-corrected chi connectivity index (χ1v) is 10.6. The highest BCUT2D eigenvalue weighted by molar-refractivity contribution is 5.98. The van der Waals surface area contributed by atoms with Crippen LogP contribution < -0.4 is 10.9 Å². The Morgan fingerprint density at radius 2 is 1.63 bits per heavy atom. The molecule has 0 aliphatic heterocycles. The van der Waals surface area contributed by atoms with Crippen molar-refractivity contribution in [3.63, 3.8) is 0 Å². The second kappa shape index (κ2) is 8.82. The first-order valence-electron chi connectivity index (χ1n) is 10.6. The molecule has 0 fully saturated rings. The molecule has 9 nitrogen and oxygen atoms in total. The molecular formula is C25H18FN5O4. The molecule has 174 valence electrons. The number of benzene rings is 3. The number of hydrogen-bond acceptors (Lipinski definition) is 5. The van der Waals surface area contributed by atoms with Gasteiger partial charge in [0, 0.05) is 12.1 Å². The van der Waals surface area contributed by atoms with Crippen molar-refractivity contribution in [2.24, 2.45) is 0 Å². The molecule has 2 heterocycles. The monoisotopic (exact) mass is 471 g/mol. The minimum Gasteiger partial charge on any atom is -0.478 e. The summed E-state index contributed by atoms with van der Waals surface area (Å²) in [6, 6.07) is 16.8. The molecule has 0 atom stereocenters. The van der Waals surface area contributed by atoms with Crippen LogP contribution in [0.4, 0.5) is 4.39 Å². The van der Waals surface area contributed by atoms with E-state index in [0.717, 1.165) is 5.56 Å². The molecule has 3 aromatic carbocycles. The summed E-state index contributed by atoms with van der Waals surface area (Å²) in [4.78, 5) is 37.3. The Morgan fingerprint density at radius 1 is 0.943 bits per heavy atom. The zero-order chi connectivity index (χ0) is 24.5. The zero-order valence-corrected chi connectivity index (χ0v) is 18.2. The van der Waals surface area contributed by atoms with Crippen molar-refractivity contribution >= 4 is 28.6 Å². The van der Waals surface area contributed by atoms with Gasteiger partial charge >= 0.3 is 5.97 Å². The molecule has 0 bridgehead atoms. The third-order valence-corrected chi connectivity index (χ3v) is 5.67. The van der Waals surface area contributed by atoms with Crippen molar-refractivity contribution in [1.82, 2.24) is 24.5 Å². The second-order valence-electron chi connectivity index (χ2n) is 7.94. The third kappa shape index (κ3) is 4.24. The molecule has 2 aromatic heterocycles. The van der Waals surface area contributed by atoms with Crippen molar-refractivity contribution in [2.45, 2.75) is 13.1 Å². The third-order valence-electron chi connectivity index (χ3n) is 5.67. The van der Waals surface area contributed by atoms with Gasteiger partial charge in [0.05, 0.1) is 23.0 Å². The Kier molecular flexibility index (Phi) is 5.54. The van der Waals surface area contributed by atoms with Gasteiger partial charge in [0.15, 0.2) is 0 Å². The summed E-state index contributed by atoms with van der Waals surface area (Å²) in [5.41, 5.74) is 2.06. The van der Waals surface area contributed by atoms with E-state index in [0.29, 0.717) is 27.8 Å². The Morgan fingerprint density at radius 3 is 2.34 bits per heavy atom. The minimum absolute atomic E-state index is 0.137. The van der Waals surface area contributed by atoms with Gasteiger partial charge in [0.2, 0.25) is 5.78 Å². The zero-order valence-electron chi connectivity index (χ0n) is 18.2. The van der Waals surface area contributed by atoms with Gasteiger partial charge in [0.1, 0.15) is 12.1 Å². The predicted molar refractivity (Wildman–Crippen MR) is 125 cm³/mol. The number of rotatable bonds is 6. The topological polar surface area (TPSA) is 119 Å². The Bertz CT molecular complexity index is 1640. The molecular weight excluding hydrogens is 453 g/mol. The largest absolute Gasteiger partial charge is 0.478 e. The fourth-order valence-corrected chi connectivity index (χ4v) is 3.84. The average molecular weight is 471 g/mol. The van der Waals surface area contributed by atoms with Crippen LogP contribution in [0.1, 0.15) is 31.8 Å². The first-order chi connectivity index (χ1) is 16.9. The fourth-order valence-electron chi connectivity index (χ4n) is 3.84. The highest BCUT2D eigenvalue weighted by Crippen LogP contribution is 2.16. The smallest absolute Gasteiger partial charge is 0.335 e. The van der Waals surface area contributed by atoms with Gasteiger partial charge in [-0.25, -0.2) is 9.18 Å². The van der Waals surface area contributed by atoms with E-state index in [2.05, 4.69) is 15.5 Å². The highest BCUT2D eigenvalue weighted by atomic mass is 19.1. The van der Waals surface area contributed by atoms with E-state index >= 15 is 0 Å². The van der Waals surface area contributed by atoms with E-state index in [1.807, 2.05) is 0 Å². The van der Waals surface area contributed by atoms with Crippen molar-refractivity contribution in [2.75, 3.05) is 0 Å². The maximum Gasteiger partial charge on any atom is 0.335 e. The number of aromatic carboxylic acids is 1. The molecule has 0 unspecified atom stereocenters. The number of nitrogens with one attached hydrogen (secondary N) is 1. The van der Waals surface area contributed by atoms with Gasteiger partial charge in [-0.2, -0.15) is 0 Å². The van der Waals surface area contributed by atoms with E-state index in [9.17, 15) is 18.8 Å². The van der Waals surface area contributed by atoms with Crippen LogP contribution in [-0.4, -0.2) is 36.1 Å². The molecule has 0 aliphatic rings. The molecule has 0 spiro atoms. The number of carboxylic acids is 1. The average Bonchev–Trinajstić information content (AvgIpc) is 3.36. The van der Waals surface area contributed by atoms with E-state index in [-0.39, 0.29) is 35.9 Å². The van der Waals surface area contributed by atoms with Crippen LogP contribution in [0.25, 0.3) is 16.7 Å². The van der Waals surface area contributed by atoms with Gasteiger partial charge in [-0.05, 0) is 53.6 Å². The van der Waals surface area contributed by atoms with Gasteiger partial charge in [0.25, 0.3) is 11.5 Å². The fraction of sp³-hybridized carbons (Fsp3) is 0.0800. The van der Waals surface area contributed by atoms with E-state index in [1.165, 1.54) is 41.2 Å². The molecule has 0 aliphatic carbocycles. The van der Waals surface area contributed by atoms with Crippen LogP contribution in [0.3, 0.4) is 0 Å². The Hall–Kier alpha value is -4.86. The van der Waals surface area contributed by atoms with Crippen LogP contribution in [0.2, 0.25) is 0 Å². The van der Waals surface area contributed by atoms with E-state index in [1.54, 1.807) is 40.8 Å². The highest BCUT2D eigenvalue weighted by Gasteiger charge is 2.16. The first kappa shape index (κ1) is 22.0. The molecule has 0 saturated heterocycles. The molecule has 5 aromatic rings. The predicted octanol–water partition coefficient (Wildman–Crippen LogP) is 2.86. The molecule has 35 heavy (non-hydrogen) atoms. The van der Waals surface area contributed by atoms with Crippen molar-refractivity contribution in [1.29, 1.82) is 0 Å². The normalized spacial score (nSPS) is 11.1. The molecule has 0 radical (unpaired) electrons. The number of fused-ring (bicyclic) bond motifs is 3. The summed E-state index contributed by atoms with van der Waals surface area (Å²) in [7, 11) is 0.